The summed E-state index contributed by atoms with van der Waals surface area (Å²) in [6.45, 7) is 5.12. The first-order chi connectivity index (χ1) is 9.79. The number of hydrogen-bond acceptors (Lipinski definition) is 3. The summed E-state index contributed by atoms with van der Waals surface area (Å²) in [5, 5.41) is 3.30. The second kappa shape index (κ2) is 9.55. The molecule has 0 aliphatic rings. The van der Waals surface area contributed by atoms with Crippen LogP contribution in [0.1, 0.15) is 19.1 Å². The Morgan fingerprint density at radius 2 is 1.90 bits per heavy atom. The van der Waals surface area contributed by atoms with Gasteiger partial charge in [-0.05, 0) is 56.3 Å². The summed E-state index contributed by atoms with van der Waals surface area (Å²) in [4.78, 5) is 0. The third-order valence-corrected chi connectivity index (χ3v) is 2.94. The van der Waals surface area contributed by atoms with Crippen LogP contribution in [-0.4, -0.2) is 19.8 Å². The van der Waals surface area contributed by atoms with Crippen molar-refractivity contribution in [1.82, 2.24) is 5.32 Å². The summed E-state index contributed by atoms with van der Waals surface area (Å²) >= 11 is 0. The molecule has 0 radical (unpaired) electrons. The molecule has 0 amide bonds. The number of halogens is 2. The molecule has 1 aromatic carbocycles. The molecule has 1 aromatic heterocycles. The van der Waals surface area contributed by atoms with Gasteiger partial charge in [0.2, 0.25) is 0 Å². The van der Waals surface area contributed by atoms with Crippen molar-refractivity contribution < 1.29 is 26.0 Å². The number of ether oxygens (including phenoxy) is 1. The largest absolute Gasteiger partial charge is 1.00 e. The van der Waals surface area contributed by atoms with E-state index >= 15 is 0 Å². The van der Waals surface area contributed by atoms with E-state index in [-0.39, 0.29) is 18.2 Å². The number of hydrogen-bond donors (Lipinski definition) is 1. The third kappa shape index (κ3) is 5.87. The fourth-order valence-corrected chi connectivity index (χ4v) is 1.90. The highest BCUT2D eigenvalue weighted by Gasteiger charge is 2.04. The quantitative estimate of drug-likeness (QED) is 0.725. The van der Waals surface area contributed by atoms with Crippen molar-refractivity contribution in [3.05, 3.63) is 48.0 Å². The summed E-state index contributed by atoms with van der Waals surface area (Å²) in [6.07, 6.45) is 0.985. The molecule has 5 heteroatoms. The normalized spacial score (nSPS) is 10.4. The molecule has 1 N–H and O–H groups in total. The monoisotopic (exact) mass is 312 g/mol. The molecule has 0 aliphatic carbocycles. The molecule has 21 heavy (non-hydrogen) atoms. The molecule has 116 valence electrons. The van der Waals surface area contributed by atoms with Gasteiger partial charge in [0.05, 0.1) is 6.54 Å². The number of nitrogens with one attached hydrogen (secondary N) is 1. The van der Waals surface area contributed by atoms with Gasteiger partial charge in [-0.1, -0.05) is 0 Å². The van der Waals surface area contributed by atoms with Crippen molar-refractivity contribution in [2.75, 3.05) is 19.8 Å². The molecule has 0 bridgehead atoms. The lowest BCUT2D eigenvalue weighted by molar-refractivity contribution is -0.00000615. The summed E-state index contributed by atoms with van der Waals surface area (Å²) in [5.41, 5.74) is 0.883. The Balaban J connectivity index is 0.00000220. The Morgan fingerprint density at radius 3 is 2.62 bits per heavy atom. The van der Waals surface area contributed by atoms with Crippen LogP contribution in [0.15, 0.2) is 40.8 Å². The van der Waals surface area contributed by atoms with E-state index in [9.17, 15) is 4.39 Å². The average Bonchev–Trinajstić information content (AvgIpc) is 2.92. The van der Waals surface area contributed by atoms with Gasteiger partial charge < -0.3 is 26.9 Å². The van der Waals surface area contributed by atoms with Crippen molar-refractivity contribution >= 4 is 0 Å². The lowest BCUT2D eigenvalue weighted by atomic mass is 10.2. The molecule has 0 unspecified atom stereocenters. The molecular formula is C16H20ClFNO2-. The Morgan fingerprint density at radius 1 is 1.14 bits per heavy atom. The topological polar surface area (TPSA) is 34.4 Å². The van der Waals surface area contributed by atoms with E-state index in [1.165, 1.54) is 12.1 Å². The zero-order chi connectivity index (χ0) is 14.2. The van der Waals surface area contributed by atoms with Gasteiger partial charge in [-0.25, -0.2) is 4.39 Å². The van der Waals surface area contributed by atoms with Gasteiger partial charge in [0, 0.05) is 18.8 Å². The predicted molar refractivity (Wildman–Crippen MR) is 76.9 cm³/mol. The Hall–Kier alpha value is -1.36. The molecule has 0 atom stereocenters. The first-order valence-corrected chi connectivity index (χ1v) is 6.92. The van der Waals surface area contributed by atoms with Gasteiger partial charge in [0.25, 0.3) is 0 Å². The molecule has 2 aromatic rings. The van der Waals surface area contributed by atoms with Gasteiger partial charge in [-0.3, -0.25) is 0 Å². The lowest BCUT2D eigenvalue weighted by Crippen LogP contribution is -3.00. The molecule has 3 nitrogen and oxygen atoms in total. The second-order valence-corrected chi connectivity index (χ2v) is 4.50. The summed E-state index contributed by atoms with van der Waals surface area (Å²) < 4.78 is 23.8. The van der Waals surface area contributed by atoms with Crippen LogP contribution in [0.2, 0.25) is 0 Å². The van der Waals surface area contributed by atoms with E-state index in [1.807, 2.05) is 19.1 Å². The lowest BCUT2D eigenvalue weighted by Gasteiger charge is -2.03. The standard InChI is InChI=1S/C16H20FNO2.ClH/c1-2-19-11-3-10-18-12-15-8-9-16(20-15)13-4-6-14(17)7-5-13;/h4-9,18H,2-3,10-12H2,1H3;1H/p-1. The van der Waals surface area contributed by atoms with Crippen LogP contribution in [0.5, 0.6) is 0 Å². The van der Waals surface area contributed by atoms with E-state index in [2.05, 4.69) is 5.32 Å². The highest BCUT2D eigenvalue weighted by atomic mass is 35.5. The van der Waals surface area contributed by atoms with Crippen LogP contribution in [0.25, 0.3) is 11.3 Å². The van der Waals surface area contributed by atoms with Gasteiger partial charge in [0.15, 0.2) is 0 Å². The van der Waals surface area contributed by atoms with E-state index < -0.39 is 0 Å². The van der Waals surface area contributed by atoms with Gasteiger partial charge in [-0.15, -0.1) is 0 Å². The molecule has 0 fully saturated rings. The highest BCUT2D eigenvalue weighted by molar-refractivity contribution is 5.57. The molecule has 0 aliphatic heterocycles. The molecule has 0 saturated carbocycles. The van der Waals surface area contributed by atoms with Crippen molar-refractivity contribution in [1.29, 1.82) is 0 Å². The van der Waals surface area contributed by atoms with Gasteiger partial charge >= 0.3 is 0 Å². The highest BCUT2D eigenvalue weighted by Crippen LogP contribution is 2.22. The molecule has 0 spiro atoms. The van der Waals surface area contributed by atoms with Crippen LogP contribution >= 0.6 is 0 Å². The maximum absolute atomic E-state index is 12.9. The zero-order valence-corrected chi connectivity index (χ0v) is 12.8. The number of benzene rings is 1. The minimum absolute atomic E-state index is 0. The fourth-order valence-electron chi connectivity index (χ4n) is 1.90. The summed E-state index contributed by atoms with van der Waals surface area (Å²) in [5.74, 6) is 1.40. The van der Waals surface area contributed by atoms with E-state index in [0.717, 1.165) is 43.3 Å². The van der Waals surface area contributed by atoms with Crippen molar-refractivity contribution in [3.8, 4) is 11.3 Å². The first-order valence-electron chi connectivity index (χ1n) is 6.92. The van der Waals surface area contributed by atoms with Crippen molar-refractivity contribution in [3.63, 3.8) is 0 Å². The molecule has 1 heterocycles. The Bertz CT molecular complexity index is 513. The number of furan rings is 1. The SMILES string of the molecule is CCOCCCNCc1ccc(-c2ccc(F)cc2)o1.[Cl-]. The van der Waals surface area contributed by atoms with Crippen molar-refractivity contribution in [2.45, 2.75) is 19.9 Å². The minimum Gasteiger partial charge on any atom is -1.00 e. The third-order valence-electron chi connectivity index (χ3n) is 2.94. The second-order valence-electron chi connectivity index (χ2n) is 4.50. The Labute approximate surface area is 130 Å². The van der Waals surface area contributed by atoms with Crippen LogP contribution in [0.3, 0.4) is 0 Å². The van der Waals surface area contributed by atoms with Gasteiger partial charge in [0.1, 0.15) is 17.3 Å². The summed E-state index contributed by atoms with van der Waals surface area (Å²) in [7, 11) is 0. The van der Waals surface area contributed by atoms with Crippen LogP contribution in [0.4, 0.5) is 4.39 Å². The van der Waals surface area contributed by atoms with E-state index in [1.54, 1.807) is 12.1 Å². The predicted octanol–water partition coefficient (Wildman–Crippen LogP) is 0.606. The van der Waals surface area contributed by atoms with E-state index in [0.29, 0.717) is 6.54 Å². The van der Waals surface area contributed by atoms with Crippen LogP contribution < -0.4 is 17.7 Å². The average molecular weight is 313 g/mol. The molecule has 2 rings (SSSR count). The molecular weight excluding hydrogens is 293 g/mol. The maximum atomic E-state index is 12.9. The van der Waals surface area contributed by atoms with Crippen molar-refractivity contribution in [2.24, 2.45) is 0 Å². The fraction of sp³-hybridized carbons (Fsp3) is 0.375. The maximum Gasteiger partial charge on any atom is 0.134 e. The van der Waals surface area contributed by atoms with Crippen LogP contribution in [0, 0.1) is 5.82 Å². The van der Waals surface area contributed by atoms with E-state index in [4.69, 9.17) is 9.15 Å². The first kappa shape index (κ1) is 17.7. The van der Waals surface area contributed by atoms with Crippen LogP contribution in [-0.2, 0) is 11.3 Å². The van der Waals surface area contributed by atoms with Gasteiger partial charge in [-0.2, -0.15) is 0 Å². The summed E-state index contributed by atoms with van der Waals surface area (Å²) in [6, 6.07) is 10.1. The number of rotatable bonds is 8. The minimum atomic E-state index is -0.239. The molecule has 0 saturated heterocycles. The zero-order valence-electron chi connectivity index (χ0n) is 12.1. The smallest absolute Gasteiger partial charge is 0.134 e. The Kier molecular flexibility index (Phi) is 8.05.